The molecule has 3 rings (SSSR count). The second-order valence-electron chi connectivity index (χ2n) is 4.78. The Morgan fingerprint density at radius 2 is 2.19 bits per heavy atom. The van der Waals surface area contributed by atoms with Crippen molar-refractivity contribution in [2.75, 3.05) is 0 Å². The van der Waals surface area contributed by atoms with E-state index in [1.807, 2.05) is 0 Å². The van der Waals surface area contributed by atoms with E-state index in [4.69, 9.17) is 9.39 Å². The van der Waals surface area contributed by atoms with Crippen LogP contribution in [0.25, 0.3) is 0 Å². The first-order valence-electron chi connectivity index (χ1n) is 6.47. The summed E-state index contributed by atoms with van der Waals surface area (Å²) < 4.78 is 23.2. The topological polar surface area (TPSA) is 55.8 Å². The molecule has 1 heterocycles. The largest absolute Gasteiger partial charge is 0.491 e. The molecule has 1 aliphatic rings. The molecule has 0 spiro atoms. The van der Waals surface area contributed by atoms with Gasteiger partial charge in [0.15, 0.2) is 0 Å². The number of ether oxygens (including phenoxy) is 1. The van der Waals surface area contributed by atoms with Crippen molar-refractivity contribution >= 4 is 18.6 Å². The van der Waals surface area contributed by atoms with E-state index < -0.39 is 13.1 Å². The number of carbonyl (C=O) groups excluding carboxylic acids is 1. The minimum Gasteiger partial charge on any atom is -0.457 e. The molecule has 0 saturated heterocycles. The summed E-state index contributed by atoms with van der Waals surface area (Å²) in [7, 11) is -1.00. The molecule has 0 atom stereocenters. The molecule has 4 nitrogen and oxygen atoms in total. The Bertz CT molecular complexity index is 689. The van der Waals surface area contributed by atoms with Crippen LogP contribution in [-0.2, 0) is 22.6 Å². The van der Waals surface area contributed by atoms with E-state index in [1.165, 1.54) is 12.1 Å². The van der Waals surface area contributed by atoms with Crippen molar-refractivity contribution in [3.05, 3.63) is 65.0 Å². The van der Waals surface area contributed by atoms with Gasteiger partial charge in [-0.1, -0.05) is 18.2 Å². The van der Waals surface area contributed by atoms with E-state index in [0.29, 0.717) is 23.2 Å². The number of halogens is 1. The predicted octanol–water partition coefficient (Wildman–Crippen LogP) is 1.40. The first kappa shape index (κ1) is 13.8. The van der Waals surface area contributed by atoms with Crippen LogP contribution < -0.4 is 5.46 Å². The molecule has 0 saturated carbocycles. The third-order valence-electron chi connectivity index (χ3n) is 3.30. The van der Waals surface area contributed by atoms with Crippen LogP contribution in [0.15, 0.2) is 42.5 Å². The molecule has 0 unspecified atom stereocenters. The maximum absolute atomic E-state index is 13.0. The summed E-state index contributed by atoms with van der Waals surface area (Å²) >= 11 is 0. The van der Waals surface area contributed by atoms with Gasteiger partial charge in [0.25, 0.3) is 0 Å². The highest BCUT2D eigenvalue weighted by molar-refractivity contribution is 6.61. The zero-order chi connectivity index (χ0) is 14.8. The van der Waals surface area contributed by atoms with Gasteiger partial charge in [-0.2, -0.15) is 0 Å². The molecule has 0 radical (unpaired) electrons. The third kappa shape index (κ3) is 2.96. The maximum Gasteiger partial charge on any atom is 0.491 e. The monoisotopic (exact) mass is 286 g/mol. The number of hydrogen-bond donors (Lipinski definition) is 1. The van der Waals surface area contributed by atoms with Gasteiger partial charge in [0.2, 0.25) is 0 Å². The highest BCUT2D eigenvalue weighted by atomic mass is 19.1. The number of rotatable bonds is 3. The van der Waals surface area contributed by atoms with Crippen LogP contribution in [0.2, 0.25) is 0 Å². The van der Waals surface area contributed by atoms with Gasteiger partial charge in [-0.05, 0) is 40.9 Å². The Kier molecular flexibility index (Phi) is 3.73. The molecule has 6 heteroatoms. The number of hydrogen-bond acceptors (Lipinski definition) is 4. The summed E-state index contributed by atoms with van der Waals surface area (Å²) in [4.78, 5) is 12.0. The van der Waals surface area contributed by atoms with Gasteiger partial charge in [0.1, 0.15) is 12.4 Å². The Hall–Kier alpha value is -2.18. The molecule has 0 aromatic heterocycles. The molecule has 0 fully saturated rings. The Morgan fingerprint density at radius 1 is 1.33 bits per heavy atom. The molecule has 106 valence electrons. The molecule has 2 aromatic rings. The lowest BCUT2D eigenvalue weighted by Gasteiger charge is -2.06. The van der Waals surface area contributed by atoms with Gasteiger partial charge >= 0.3 is 13.1 Å². The fraction of sp³-hybridized carbons (Fsp3) is 0.133. The highest BCUT2D eigenvalue weighted by Gasteiger charge is 2.28. The van der Waals surface area contributed by atoms with E-state index in [1.54, 1.807) is 30.3 Å². The van der Waals surface area contributed by atoms with E-state index in [2.05, 4.69) is 0 Å². The summed E-state index contributed by atoms with van der Waals surface area (Å²) in [5.74, 6) is -0.900. The van der Waals surface area contributed by atoms with Gasteiger partial charge < -0.3 is 14.4 Å². The molecule has 2 aromatic carbocycles. The predicted molar refractivity (Wildman–Crippen MR) is 74.4 cm³/mol. The summed E-state index contributed by atoms with van der Waals surface area (Å²) in [6.45, 7) is 0.321. The lowest BCUT2D eigenvalue weighted by molar-refractivity contribution is 0.0472. The van der Waals surface area contributed by atoms with E-state index in [-0.39, 0.29) is 12.4 Å². The van der Waals surface area contributed by atoms with Crippen LogP contribution in [0, 0.1) is 5.82 Å². The van der Waals surface area contributed by atoms with Crippen LogP contribution in [0.5, 0.6) is 0 Å². The lowest BCUT2D eigenvalue weighted by atomic mass is 9.79. The van der Waals surface area contributed by atoms with Crippen LogP contribution in [0.3, 0.4) is 0 Å². The fourth-order valence-electron chi connectivity index (χ4n) is 2.20. The second-order valence-corrected chi connectivity index (χ2v) is 4.78. The van der Waals surface area contributed by atoms with E-state index >= 15 is 0 Å². The van der Waals surface area contributed by atoms with Gasteiger partial charge in [-0.3, -0.25) is 0 Å². The van der Waals surface area contributed by atoms with Crippen molar-refractivity contribution in [3.8, 4) is 0 Å². The molecule has 0 bridgehead atoms. The SMILES string of the molecule is O=C(OCc1cccc(F)c1)c1ccc2c(c1)B(O)OC2. The zero-order valence-electron chi connectivity index (χ0n) is 11.1. The average molecular weight is 286 g/mol. The van der Waals surface area contributed by atoms with Gasteiger partial charge in [0.05, 0.1) is 12.2 Å². The molecule has 0 aliphatic carbocycles. The van der Waals surface area contributed by atoms with Gasteiger partial charge in [-0.15, -0.1) is 0 Å². The molecule has 1 aliphatic heterocycles. The van der Waals surface area contributed by atoms with E-state index in [9.17, 15) is 14.2 Å². The van der Waals surface area contributed by atoms with Crippen molar-refractivity contribution < 1.29 is 23.6 Å². The number of esters is 1. The maximum atomic E-state index is 13.0. The number of carbonyl (C=O) groups is 1. The third-order valence-corrected chi connectivity index (χ3v) is 3.30. The molecule has 21 heavy (non-hydrogen) atoms. The Balaban J connectivity index is 1.70. The standard InChI is InChI=1S/C15H12BFO4/c17-13-3-1-2-10(6-13)8-20-15(18)11-4-5-12-9-21-16(19)14(12)7-11/h1-7,19H,8-9H2. The van der Waals surface area contributed by atoms with Crippen molar-refractivity contribution in [1.82, 2.24) is 0 Å². The first-order chi connectivity index (χ1) is 10.1. The number of fused-ring (bicyclic) bond motifs is 1. The minimum atomic E-state index is -1.00. The quantitative estimate of drug-likeness (QED) is 0.684. The summed E-state index contributed by atoms with van der Waals surface area (Å²) in [6, 6.07) is 10.8. The van der Waals surface area contributed by atoms with Crippen LogP contribution in [-0.4, -0.2) is 18.1 Å². The molecular weight excluding hydrogens is 274 g/mol. The van der Waals surface area contributed by atoms with Crippen LogP contribution in [0.4, 0.5) is 4.39 Å². The summed E-state index contributed by atoms with van der Waals surface area (Å²) in [6.07, 6.45) is 0. The minimum absolute atomic E-state index is 0.00721. The Morgan fingerprint density at radius 3 is 3.00 bits per heavy atom. The van der Waals surface area contributed by atoms with Gasteiger partial charge in [0, 0.05) is 0 Å². The zero-order valence-corrected chi connectivity index (χ0v) is 11.1. The fourth-order valence-corrected chi connectivity index (χ4v) is 2.20. The number of benzene rings is 2. The van der Waals surface area contributed by atoms with Crippen molar-refractivity contribution in [2.24, 2.45) is 0 Å². The normalized spacial score (nSPS) is 13.1. The Labute approximate surface area is 121 Å². The summed E-state index contributed by atoms with van der Waals surface area (Å²) in [5, 5.41) is 9.61. The van der Waals surface area contributed by atoms with Crippen molar-refractivity contribution in [2.45, 2.75) is 13.2 Å². The van der Waals surface area contributed by atoms with Crippen LogP contribution >= 0.6 is 0 Å². The first-order valence-corrected chi connectivity index (χ1v) is 6.47. The molecule has 0 amide bonds. The average Bonchev–Trinajstić information content (AvgIpc) is 2.86. The molecular formula is C15H12BFO4. The smallest absolute Gasteiger partial charge is 0.457 e. The summed E-state index contributed by atoms with van der Waals surface area (Å²) in [5.41, 5.74) is 2.34. The van der Waals surface area contributed by atoms with Crippen molar-refractivity contribution in [1.29, 1.82) is 0 Å². The van der Waals surface area contributed by atoms with E-state index in [0.717, 1.165) is 5.56 Å². The van der Waals surface area contributed by atoms with Crippen LogP contribution in [0.1, 0.15) is 21.5 Å². The lowest BCUT2D eigenvalue weighted by Crippen LogP contribution is -2.28. The van der Waals surface area contributed by atoms with Gasteiger partial charge in [-0.25, -0.2) is 9.18 Å². The highest BCUT2D eigenvalue weighted by Crippen LogP contribution is 2.13. The van der Waals surface area contributed by atoms with Crippen molar-refractivity contribution in [3.63, 3.8) is 0 Å². The second kappa shape index (κ2) is 5.67. The molecule has 1 N–H and O–H groups in total.